The summed E-state index contributed by atoms with van der Waals surface area (Å²) in [5, 5.41) is 5.74. The molecular formula is C14H13F4N3O2S. The van der Waals surface area contributed by atoms with Gasteiger partial charge < -0.3 is 9.84 Å². The van der Waals surface area contributed by atoms with Crippen molar-refractivity contribution in [2.75, 3.05) is 18.6 Å². The quantitative estimate of drug-likeness (QED) is 0.630. The molecular weight excluding hydrogens is 350 g/mol. The van der Waals surface area contributed by atoms with Gasteiger partial charge in [-0.3, -0.25) is 4.79 Å². The number of benzene rings is 1. The molecule has 1 amide bonds. The van der Waals surface area contributed by atoms with Crippen LogP contribution >= 0.6 is 11.8 Å². The van der Waals surface area contributed by atoms with Crippen molar-refractivity contribution >= 4 is 17.7 Å². The van der Waals surface area contributed by atoms with Crippen molar-refractivity contribution in [3.05, 3.63) is 35.5 Å². The average molecular weight is 363 g/mol. The van der Waals surface area contributed by atoms with Crippen molar-refractivity contribution in [3.8, 4) is 11.4 Å². The van der Waals surface area contributed by atoms with Gasteiger partial charge in [0.2, 0.25) is 5.82 Å². The third kappa shape index (κ3) is 4.47. The van der Waals surface area contributed by atoms with Crippen molar-refractivity contribution in [1.82, 2.24) is 15.5 Å². The van der Waals surface area contributed by atoms with E-state index in [2.05, 4.69) is 20.0 Å². The smallest absolute Gasteiger partial charge is 0.352 e. The maximum Gasteiger partial charge on any atom is 0.471 e. The van der Waals surface area contributed by atoms with Crippen LogP contribution in [-0.2, 0) is 6.18 Å². The monoisotopic (exact) mass is 363 g/mol. The van der Waals surface area contributed by atoms with Crippen molar-refractivity contribution in [2.24, 2.45) is 0 Å². The fourth-order valence-corrected chi connectivity index (χ4v) is 2.24. The molecule has 1 N–H and O–H groups in total. The number of aromatic nitrogens is 2. The summed E-state index contributed by atoms with van der Waals surface area (Å²) in [7, 11) is 0. The number of halogens is 4. The summed E-state index contributed by atoms with van der Waals surface area (Å²) in [4.78, 5) is 15.0. The second-order valence-corrected chi connectivity index (χ2v) is 5.70. The molecule has 10 heteroatoms. The van der Waals surface area contributed by atoms with Crippen molar-refractivity contribution < 1.29 is 26.9 Å². The molecule has 0 unspecified atom stereocenters. The number of hydrogen-bond donors (Lipinski definition) is 1. The van der Waals surface area contributed by atoms with E-state index in [0.717, 1.165) is 24.3 Å². The Morgan fingerprint density at radius 3 is 2.71 bits per heavy atom. The number of alkyl halides is 3. The Balaban J connectivity index is 2.12. The van der Waals surface area contributed by atoms with Gasteiger partial charge in [0, 0.05) is 12.1 Å². The molecule has 5 nitrogen and oxygen atoms in total. The summed E-state index contributed by atoms with van der Waals surface area (Å²) in [5.41, 5.74) is -0.229. The zero-order valence-electron chi connectivity index (χ0n) is 12.5. The van der Waals surface area contributed by atoms with Crippen LogP contribution in [0.25, 0.3) is 11.4 Å². The number of rotatable bonds is 6. The highest BCUT2D eigenvalue weighted by Crippen LogP contribution is 2.30. The average Bonchev–Trinajstić information content (AvgIpc) is 3.01. The lowest BCUT2D eigenvalue weighted by atomic mass is 10.1. The van der Waals surface area contributed by atoms with Crippen molar-refractivity contribution in [1.29, 1.82) is 0 Å². The fraction of sp³-hybridized carbons (Fsp3) is 0.357. The molecule has 2 aromatic rings. The molecule has 0 spiro atoms. The van der Waals surface area contributed by atoms with E-state index in [0.29, 0.717) is 6.54 Å². The van der Waals surface area contributed by atoms with E-state index in [1.54, 1.807) is 11.8 Å². The number of carbonyl (C=O) groups is 1. The van der Waals surface area contributed by atoms with Gasteiger partial charge in [-0.2, -0.15) is 29.9 Å². The fourth-order valence-electron chi connectivity index (χ4n) is 1.81. The van der Waals surface area contributed by atoms with Gasteiger partial charge in [0.1, 0.15) is 5.82 Å². The maximum atomic E-state index is 14.1. The van der Waals surface area contributed by atoms with Crippen LogP contribution in [0.4, 0.5) is 17.6 Å². The predicted octanol–water partition coefficient (Wildman–Crippen LogP) is 3.38. The van der Waals surface area contributed by atoms with E-state index in [-0.39, 0.29) is 11.1 Å². The van der Waals surface area contributed by atoms with E-state index in [9.17, 15) is 22.4 Å². The molecule has 0 bridgehead atoms. The van der Waals surface area contributed by atoms with Crippen molar-refractivity contribution in [3.63, 3.8) is 0 Å². The Labute approximate surface area is 138 Å². The number of amides is 1. The van der Waals surface area contributed by atoms with Gasteiger partial charge in [-0.15, -0.1) is 0 Å². The maximum absolute atomic E-state index is 14.1. The van der Waals surface area contributed by atoms with Crippen LogP contribution in [-0.4, -0.2) is 34.6 Å². The molecule has 0 atom stereocenters. The SMILES string of the molecule is CSCCCNC(=O)c1ccc(-c2noc(C(F)(F)F)n2)c(F)c1. The van der Waals surface area contributed by atoms with Crippen LogP contribution in [0.2, 0.25) is 0 Å². The van der Waals surface area contributed by atoms with Gasteiger partial charge in [-0.25, -0.2) is 4.39 Å². The first-order valence-electron chi connectivity index (χ1n) is 6.81. The van der Waals surface area contributed by atoms with E-state index in [1.165, 1.54) is 6.07 Å². The molecule has 2 rings (SSSR count). The van der Waals surface area contributed by atoms with Crippen molar-refractivity contribution in [2.45, 2.75) is 12.6 Å². The molecule has 0 saturated carbocycles. The van der Waals surface area contributed by atoms with E-state index in [1.807, 2.05) is 6.26 Å². The first-order valence-corrected chi connectivity index (χ1v) is 8.20. The predicted molar refractivity (Wildman–Crippen MR) is 80.0 cm³/mol. The van der Waals surface area contributed by atoms with Gasteiger partial charge in [0.25, 0.3) is 5.91 Å². The Hall–Kier alpha value is -2.10. The van der Waals surface area contributed by atoms with Gasteiger partial charge in [0.15, 0.2) is 0 Å². The van der Waals surface area contributed by atoms with E-state index < -0.39 is 29.6 Å². The third-order valence-electron chi connectivity index (χ3n) is 2.95. The Bertz CT molecular complexity index is 718. The Morgan fingerprint density at radius 1 is 1.38 bits per heavy atom. The molecule has 24 heavy (non-hydrogen) atoms. The highest BCUT2D eigenvalue weighted by Gasteiger charge is 2.38. The second-order valence-electron chi connectivity index (χ2n) is 4.72. The first-order chi connectivity index (χ1) is 11.3. The summed E-state index contributed by atoms with van der Waals surface area (Å²) >= 11 is 1.64. The highest BCUT2D eigenvalue weighted by atomic mass is 32.2. The molecule has 0 aliphatic rings. The van der Waals surface area contributed by atoms with Gasteiger partial charge >= 0.3 is 12.1 Å². The number of thioether (sulfide) groups is 1. The van der Waals surface area contributed by atoms with Crippen LogP contribution < -0.4 is 5.32 Å². The zero-order valence-corrected chi connectivity index (χ0v) is 13.3. The third-order valence-corrected chi connectivity index (χ3v) is 3.65. The zero-order chi connectivity index (χ0) is 17.7. The van der Waals surface area contributed by atoms with Crippen LogP contribution in [0.1, 0.15) is 22.7 Å². The first kappa shape index (κ1) is 18.2. The minimum Gasteiger partial charge on any atom is -0.352 e. The van der Waals surface area contributed by atoms with Crippen LogP contribution in [0.5, 0.6) is 0 Å². The van der Waals surface area contributed by atoms with Crippen LogP contribution in [0.3, 0.4) is 0 Å². The van der Waals surface area contributed by atoms with E-state index in [4.69, 9.17) is 0 Å². The Morgan fingerprint density at radius 2 is 2.12 bits per heavy atom. The molecule has 0 fully saturated rings. The number of hydrogen-bond acceptors (Lipinski definition) is 5. The summed E-state index contributed by atoms with van der Waals surface area (Å²) < 4.78 is 55.4. The highest BCUT2D eigenvalue weighted by molar-refractivity contribution is 7.98. The lowest BCUT2D eigenvalue weighted by Gasteiger charge is -2.06. The normalized spacial score (nSPS) is 11.5. The van der Waals surface area contributed by atoms with Gasteiger partial charge in [-0.05, 0) is 36.6 Å². The molecule has 0 aliphatic heterocycles. The molecule has 1 aromatic heterocycles. The molecule has 1 heterocycles. The number of nitrogens with zero attached hydrogens (tertiary/aromatic N) is 2. The largest absolute Gasteiger partial charge is 0.471 e. The minimum absolute atomic E-state index is 0.0555. The molecule has 1 aromatic carbocycles. The molecule has 0 radical (unpaired) electrons. The number of carbonyl (C=O) groups excluding carboxylic acids is 1. The second kappa shape index (κ2) is 7.65. The summed E-state index contributed by atoms with van der Waals surface area (Å²) in [5.74, 6) is -2.60. The summed E-state index contributed by atoms with van der Waals surface area (Å²) in [6.07, 6.45) is -2.09. The summed E-state index contributed by atoms with van der Waals surface area (Å²) in [6, 6.07) is 3.34. The van der Waals surface area contributed by atoms with Gasteiger partial charge in [-0.1, -0.05) is 5.16 Å². The lowest BCUT2D eigenvalue weighted by molar-refractivity contribution is -0.159. The summed E-state index contributed by atoms with van der Waals surface area (Å²) in [6.45, 7) is 0.447. The molecule has 130 valence electrons. The number of nitrogens with one attached hydrogen (secondary N) is 1. The topological polar surface area (TPSA) is 68.0 Å². The Kier molecular flexibility index (Phi) is 5.81. The van der Waals surface area contributed by atoms with E-state index >= 15 is 0 Å². The molecule has 0 aliphatic carbocycles. The van der Waals surface area contributed by atoms with Gasteiger partial charge in [0.05, 0.1) is 5.56 Å². The standard InChI is InChI=1S/C14H13F4N3O2S/c1-24-6-2-5-19-12(22)8-3-4-9(10(15)7-8)11-20-13(23-21-11)14(16,17)18/h3-4,7H,2,5-6H2,1H3,(H,19,22). The van der Waals surface area contributed by atoms with Crippen LogP contribution in [0, 0.1) is 5.82 Å². The van der Waals surface area contributed by atoms with Crippen LogP contribution in [0.15, 0.2) is 22.7 Å². The lowest BCUT2D eigenvalue weighted by Crippen LogP contribution is -2.24. The minimum atomic E-state index is -4.81. The molecule has 0 saturated heterocycles.